The first-order chi connectivity index (χ1) is 13.0. The molecule has 0 radical (unpaired) electrons. The van der Waals surface area contributed by atoms with E-state index in [1.165, 1.54) is 12.1 Å². The molecule has 0 spiro atoms. The molecule has 2 aromatic carbocycles. The molecule has 3 rings (SSSR count). The van der Waals surface area contributed by atoms with E-state index in [0.717, 1.165) is 11.3 Å². The summed E-state index contributed by atoms with van der Waals surface area (Å²) in [7, 11) is 1.60. The summed E-state index contributed by atoms with van der Waals surface area (Å²) < 4.78 is 18.1. The zero-order chi connectivity index (χ0) is 19.2. The highest BCUT2D eigenvalue weighted by molar-refractivity contribution is 5.95. The van der Waals surface area contributed by atoms with E-state index in [1.807, 2.05) is 24.3 Å². The normalized spacial score (nSPS) is 16.3. The third-order valence-corrected chi connectivity index (χ3v) is 4.51. The fraction of sp³-hybridized carbons (Fsp3) is 0.300. The summed E-state index contributed by atoms with van der Waals surface area (Å²) >= 11 is 0. The van der Waals surface area contributed by atoms with Gasteiger partial charge in [-0.1, -0.05) is 12.1 Å². The van der Waals surface area contributed by atoms with Crippen molar-refractivity contribution in [1.82, 2.24) is 10.6 Å². The van der Waals surface area contributed by atoms with Crippen LogP contribution in [-0.2, 0) is 11.3 Å². The molecule has 6 nitrogen and oxygen atoms in total. The van der Waals surface area contributed by atoms with Crippen LogP contribution in [0.15, 0.2) is 48.5 Å². The number of nitrogens with zero attached hydrogens (tertiary/aromatic N) is 1. The second kappa shape index (κ2) is 8.53. The average molecular weight is 371 g/mol. The smallest absolute Gasteiger partial charge is 0.315 e. The van der Waals surface area contributed by atoms with Crippen LogP contribution in [0.25, 0.3) is 0 Å². The lowest BCUT2D eigenvalue weighted by Crippen LogP contribution is -2.38. The zero-order valence-electron chi connectivity index (χ0n) is 15.1. The van der Waals surface area contributed by atoms with Crippen LogP contribution in [-0.4, -0.2) is 32.1 Å². The van der Waals surface area contributed by atoms with Gasteiger partial charge in [0.05, 0.1) is 7.11 Å². The molecule has 1 aliphatic heterocycles. The number of amides is 3. The van der Waals surface area contributed by atoms with Crippen LogP contribution in [0.5, 0.6) is 5.75 Å². The topological polar surface area (TPSA) is 70.7 Å². The predicted molar refractivity (Wildman–Crippen MR) is 100 cm³/mol. The number of carbonyl (C=O) groups is 2. The largest absolute Gasteiger partial charge is 0.497 e. The molecule has 2 aromatic rings. The number of benzene rings is 2. The monoisotopic (exact) mass is 371 g/mol. The molecule has 27 heavy (non-hydrogen) atoms. The van der Waals surface area contributed by atoms with Crippen LogP contribution in [0.2, 0.25) is 0 Å². The van der Waals surface area contributed by atoms with E-state index in [9.17, 15) is 14.0 Å². The molecule has 1 aliphatic rings. The molecule has 0 saturated carbocycles. The standard InChI is InChI=1S/C20H22FN3O3/c1-27-18-8-2-14(3-9-18)11-22-20(26)23-12-15-10-19(25)24(13-15)17-6-4-16(21)5-7-17/h2-9,15H,10-13H2,1H3,(H2,22,23,26)/t15-/m1/s1. The Morgan fingerprint density at radius 1 is 1.15 bits per heavy atom. The lowest BCUT2D eigenvalue weighted by molar-refractivity contribution is -0.117. The zero-order valence-corrected chi connectivity index (χ0v) is 15.1. The summed E-state index contributed by atoms with van der Waals surface area (Å²) in [5.41, 5.74) is 1.64. The van der Waals surface area contributed by atoms with Gasteiger partial charge in [0.2, 0.25) is 5.91 Å². The average Bonchev–Trinajstić information content (AvgIpc) is 3.06. The number of ether oxygens (including phenoxy) is 1. The van der Waals surface area contributed by atoms with E-state index in [1.54, 1.807) is 24.1 Å². The van der Waals surface area contributed by atoms with E-state index in [-0.39, 0.29) is 23.7 Å². The van der Waals surface area contributed by atoms with Crippen molar-refractivity contribution in [2.45, 2.75) is 13.0 Å². The molecule has 7 heteroatoms. The van der Waals surface area contributed by atoms with Gasteiger partial charge in [0.25, 0.3) is 0 Å². The molecule has 3 amide bonds. The predicted octanol–water partition coefficient (Wildman–Crippen LogP) is 2.69. The Balaban J connectivity index is 1.43. The summed E-state index contributed by atoms with van der Waals surface area (Å²) in [6.45, 7) is 1.31. The van der Waals surface area contributed by atoms with Gasteiger partial charge in [0.1, 0.15) is 11.6 Å². The van der Waals surface area contributed by atoms with Crippen LogP contribution in [0.3, 0.4) is 0 Å². The van der Waals surface area contributed by atoms with Crippen molar-refractivity contribution in [2.75, 3.05) is 25.1 Å². The molecule has 0 aromatic heterocycles. The van der Waals surface area contributed by atoms with Crippen LogP contribution in [0.4, 0.5) is 14.9 Å². The quantitative estimate of drug-likeness (QED) is 0.820. The van der Waals surface area contributed by atoms with Crippen LogP contribution < -0.4 is 20.3 Å². The first-order valence-corrected chi connectivity index (χ1v) is 8.75. The molecule has 1 heterocycles. The van der Waals surface area contributed by atoms with Gasteiger partial charge >= 0.3 is 6.03 Å². The number of carbonyl (C=O) groups excluding carboxylic acids is 2. The molecule has 0 unspecified atom stereocenters. The van der Waals surface area contributed by atoms with Gasteiger partial charge in [-0.2, -0.15) is 0 Å². The van der Waals surface area contributed by atoms with Gasteiger partial charge in [0.15, 0.2) is 0 Å². The van der Waals surface area contributed by atoms with Gasteiger partial charge in [-0.3, -0.25) is 4.79 Å². The maximum Gasteiger partial charge on any atom is 0.315 e. The Morgan fingerprint density at radius 3 is 2.52 bits per heavy atom. The summed E-state index contributed by atoms with van der Waals surface area (Å²) in [6, 6.07) is 13.0. The molecule has 1 atom stereocenters. The van der Waals surface area contributed by atoms with Gasteiger partial charge < -0.3 is 20.3 Å². The second-order valence-electron chi connectivity index (χ2n) is 6.46. The van der Waals surface area contributed by atoms with E-state index >= 15 is 0 Å². The molecular weight excluding hydrogens is 349 g/mol. The van der Waals surface area contributed by atoms with Gasteiger partial charge in [0, 0.05) is 37.7 Å². The summed E-state index contributed by atoms with van der Waals surface area (Å²) in [5.74, 6) is 0.429. The Kier molecular flexibility index (Phi) is 5.90. The maximum absolute atomic E-state index is 13.0. The SMILES string of the molecule is COc1ccc(CNC(=O)NC[C@H]2CC(=O)N(c3ccc(F)cc3)C2)cc1. The lowest BCUT2D eigenvalue weighted by Gasteiger charge is -2.17. The molecule has 2 N–H and O–H groups in total. The summed E-state index contributed by atoms with van der Waals surface area (Å²) in [4.78, 5) is 25.8. The van der Waals surface area contributed by atoms with E-state index in [2.05, 4.69) is 10.6 Å². The Bertz CT molecular complexity index is 793. The van der Waals surface area contributed by atoms with E-state index < -0.39 is 0 Å². The molecule has 1 saturated heterocycles. The molecular formula is C20H22FN3O3. The summed E-state index contributed by atoms with van der Waals surface area (Å²) in [5, 5.41) is 5.60. The molecule has 0 bridgehead atoms. The third-order valence-electron chi connectivity index (χ3n) is 4.51. The number of hydrogen-bond acceptors (Lipinski definition) is 3. The summed E-state index contributed by atoms with van der Waals surface area (Å²) in [6.07, 6.45) is 0.357. The second-order valence-corrected chi connectivity index (χ2v) is 6.46. The van der Waals surface area contributed by atoms with Crippen molar-refractivity contribution in [3.8, 4) is 5.75 Å². The van der Waals surface area contributed by atoms with Crippen molar-refractivity contribution >= 4 is 17.6 Å². The van der Waals surface area contributed by atoms with E-state index in [4.69, 9.17) is 4.74 Å². The maximum atomic E-state index is 13.0. The number of urea groups is 1. The highest BCUT2D eigenvalue weighted by Crippen LogP contribution is 2.24. The highest BCUT2D eigenvalue weighted by atomic mass is 19.1. The fourth-order valence-electron chi connectivity index (χ4n) is 3.01. The molecule has 142 valence electrons. The van der Waals surface area contributed by atoms with Crippen molar-refractivity contribution in [3.63, 3.8) is 0 Å². The van der Waals surface area contributed by atoms with Crippen molar-refractivity contribution < 1.29 is 18.7 Å². The Morgan fingerprint density at radius 2 is 1.85 bits per heavy atom. The first kappa shape index (κ1) is 18.7. The first-order valence-electron chi connectivity index (χ1n) is 8.75. The fourth-order valence-corrected chi connectivity index (χ4v) is 3.01. The third kappa shape index (κ3) is 4.97. The Hall–Kier alpha value is -3.09. The van der Waals surface area contributed by atoms with Crippen molar-refractivity contribution in [3.05, 3.63) is 59.9 Å². The van der Waals surface area contributed by atoms with E-state index in [0.29, 0.717) is 31.7 Å². The van der Waals surface area contributed by atoms with Crippen molar-refractivity contribution in [1.29, 1.82) is 0 Å². The van der Waals surface area contributed by atoms with Crippen molar-refractivity contribution in [2.24, 2.45) is 5.92 Å². The lowest BCUT2D eigenvalue weighted by atomic mass is 10.1. The highest BCUT2D eigenvalue weighted by Gasteiger charge is 2.30. The minimum absolute atomic E-state index is 0.0213. The molecule has 0 aliphatic carbocycles. The number of halogens is 1. The van der Waals surface area contributed by atoms with Gasteiger partial charge in [-0.25, -0.2) is 9.18 Å². The van der Waals surface area contributed by atoms with Crippen LogP contribution in [0.1, 0.15) is 12.0 Å². The number of nitrogens with one attached hydrogen (secondary N) is 2. The minimum Gasteiger partial charge on any atom is -0.497 e. The molecule has 1 fully saturated rings. The van der Waals surface area contributed by atoms with Crippen LogP contribution >= 0.6 is 0 Å². The number of anilines is 1. The minimum atomic E-state index is -0.336. The number of methoxy groups -OCH3 is 1. The number of rotatable bonds is 6. The van der Waals surface area contributed by atoms with Gasteiger partial charge in [-0.15, -0.1) is 0 Å². The van der Waals surface area contributed by atoms with Crippen LogP contribution in [0, 0.1) is 11.7 Å². The number of hydrogen-bond donors (Lipinski definition) is 2. The Labute approximate surface area is 157 Å². The van der Waals surface area contributed by atoms with Gasteiger partial charge in [-0.05, 0) is 42.0 Å².